The standard InChI is InChI=1S/C12H23N3O2/c1-11(2,3)15-10(17)8-14-9(16)7-12(13)5-4-6-12/h4-8,13H2,1-3H3,(H,14,16)(H,15,17). The Morgan fingerprint density at radius 2 is 1.82 bits per heavy atom. The van der Waals surface area contributed by atoms with Gasteiger partial charge in [0.1, 0.15) is 0 Å². The molecular formula is C12H23N3O2. The molecule has 0 radical (unpaired) electrons. The monoisotopic (exact) mass is 241 g/mol. The van der Waals surface area contributed by atoms with Crippen LogP contribution in [0.25, 0.3) is 0 Å². The zero-order valence-corrected chi connectivity index (χ0v) is 10.9. The first-order valence-corrected chi connectivity index (χ1v) is 6.07. The van der Waals surface area contributed by atoms with Crippen LogP contribution in [0, 0.1) is 0 Å². The van der Waals surface area contributed by atoms with E-state index in [0.717, 1.165) is 19.3 Å². The van der Waals surface area contributed by atoms with Gasteiger partial charge in [0.15, 0.2) is 0 Å². The van der Waals surface area contributed by atoms with E-state index in [-0.39, 0.29) is 29.4 Å². The Morgan fingerprint density at radius 1 is 1.24 bits per heavy atom. The van der Waals surface area contributed by atoms with Crippen molar-refractivity contribution >= 4 is 11.8 Å². The number of carbonyl (C=O) groups is 2. The van der Waals surface area contributed by atoms with Gasteiger partial charge in [-0.15, -0.1) is 0 Å². The van der Waals surface area contributed by atoms with Crippen LogP contribution < -0.4 is 16.4 Å². The predicted octanol–water partition coefficient (Wildman–Crippen LogP) is 0.289. The summed E-state index contributed by atoms with van der Waals surface area (Å²) in [6.07, 6.45) is 3.20. The minimum atomic E-state index is -0.329. The molecule has 0 aliphatic heterocycles. The molecule has 0 aromatic carbocycles. The molecule has 5 heteroatoms. The van der Waals surface area contributed by atoms with Crippen LogP contribution >= 0.6 is 0 Å². The average molecular weight is 241 g/mol. The molecule has 0 spiro atoms. The van der Waals surface area contributed by atoms with Gasteiger partial charge in [-0.05, 0) is 40.0 Å². The molecule has 1 fully saturated rings. The van der Waals surface area contributed by atoms with Crippen molar-refractivity contribution in [3.05, 3.63) is 0 Å². The maximum atomic E-state index is 11.6. The molecule has 0 bridgehead atoms. The minimum Gasteiger partial charge on any atom is -0.350 e. The molecule has 0 saturated heterocycles. The van der Waals surface area contributed by atoms with Crippen molar-refractivity contribution in [2.75, 3.05) is 6.54 Å². The van der Waals surface area contributed by atoms with E-state index in [1.54, 1.807) is 0 Å². The van der Waals surface area contributed by atoms with Gasteiger partial charge in [-0.1, -0.05) is 0 Å². The summed E-state index contributed by atoms with van der Waals surface area (Å²) in [6, 6.07) is 0. The molecule has 1 rings (SSSR count). The molecule has 1 aliphatic rings. The van der Waals surface area contributed by atoms with Gasteiger partial charge in [0.2, 0.25) is 11.8 Å². The van der Waals surface area contributed by atoms with Crippen molar-refractivity contribution in [3.8, 4) is 0 Å². The van der Waals surface area contributed by atoms with E-state index in [9.17, 15) is 9.59 Å². The third-order valence-corrected chi connectivity index (χ3v) is 2.82. The van der Waals surface area contributed by atoms with Gasteiger partial charge in [0.25, 0.3) is 0 Å². The van der Waals surface area contributed by atoms with Crippen LogP contribution in [-0.2, 0) is 9.59 Å². The van der Waals surface area contributed by atoms with E-state index in [1.807, 2.05) is 20.8 Å². The van der Waals surface area contributed by atoms with Gasteiger partial charge in [-0.25, -0.2) is 0 Å². The lowest BCUT2D eigenvalue weighted by molar-refractivity contribution is -0.127. The second-order valence-electron chi connectivity index (χ2n) is 5.97. The van der Waals surface area contributed by atoms with E-state index >= 15 is 0 Å². The number of hydrogen-bond acceptors (Lipinski definition) is 3. The smallest absolute Gasteiger partial charge is 0.239 e. The predicted molar refractivity (Wildman–Crippen MR) is 66.3 cm³/mol. The molecule has 0 unspecified atom stereocenters. The number of rotatable bonds is 4. The van der Waals surface area contributed by atoms with Crippen LogP contribution in [0.5, 0.6) is 0 Å². The number of hydrogen-bond donors (Lipinski definition) is 3. The zero-order chi connectivity index (χ0) is 13.1. The Labute approximate surface area is 103 Å². The van der Waals surface area contributed by atoms with E-state index < -0.39 is 0 Å². The summed E-state index contributed by atoms with van der Waals surface area (Å²) in [7, 11) is 0. The maximum Gasteiger partial charge on any atom is 0.239 e. The molecule has 17 heavy (non-hydrogen) atoms. The summed E-state index contributed by atoms with van der Waals surface area (Å²) in [6.45, 7) is 5.72. The fraction of sp³-hybridized carbons (Fsp3) is 0.833. The Hall–Kier alpha value is -1.10. The first kappa shape index (κ1) is 14.0. The second-order valence-corrected chi connectivity index (χ2v) is 5.97. The molecule has 5 nitrogen and oxygen atoms in total. The van der Waals surface area contributed by atoms with Crippen LogP contribution in [0.4, 0.5) is 0 Å². The van der Waals surface area contributed by atoms with Gasteiger partial charge >= 0.3 is 0 Å². The van der Waals surface area contributed by atoms with E-state index in [1.165, 1.54) is 0 Å². The Kier molecular flexibility index (Phi) is 4.14. The number of nitrogens with one attached hydrogen (secondary N) is 2. The van der Waals surface area contributed by atoms with Crippen LogP contribution in [0.15, 0.2) is 0 Å². The van der Waals surface area contributed by atoms with E-state index in [2.05, 4.69) is 10.6 Å². The summed E-state index contributed by atoms with van der Waals surface area (Å²) >= 11 is 0. The van der Waals surface area contributed by atoms with Crippen LogP contribution in [0.1, 0.15) is 46.5 Å². The first-order valence-electron chi connectivity index (χ1n) is 6.07. The Morgan fingerprint density at radius 3 is 2.24 bits per heavy atom. The quantitative estimate of drug-likeness (QED) is 0.661. The van der Waals surface area contributed by atoms with Crippen molar-refractivity contribution in [1.29, 1.82) is 0 Å². The molecule has 0 heterocycles. The number of nitrogens with two attached hydrogens (primary N) is 1. The summed E-state index contributed by atoms with van der Waals surface area (Å²) in [4.78, 5) is 23.0. The third kappa shape index (κ3) is 5.17. The molecule has 98 valence electrons. The van der Waals surface area contributed by atoms with Gasteiger partial charge in [0, 0.05) is 17.5 Å². The molecule has 1 aliphatic carbocycles. The first-order chi connectivity index (χ1) is 7.70. The molecule has 4 N–H and O–H groups in total. The Balaban J connectivity index is 2.21. The number of amides is 2. The normalized spacial score (nSPS) is 18.1. The molecule has 1 saturated carbocycles. The second kappa shape index (κ2) is 5.04. The lowest BCUT2D eigenvalue weighted by Crippen LogP contribution is -2.51. The number of carbonyl (C=O) groups excluding carboxylic acids is 2. The molecule has 2 amide bonds. The molecule has 0 atom stereocenters. The zero-order valence-electron chi connectivity index (χ0n) is 10.9. The van der Waals surface area contributed by atoms with Crippen molar-refractivity contribution in [1.82, 2.24) is 10.6 Å². The molecular weight excluding hydrogens is 218 g/mol. The highest BCUT2D eigenvalue weighted by Crippen LogP contribution is 2.31. The fourth-order valence-electron chi connectivity index (χ4n) is 1.83. The van der Waals surface area contributed by atoms with Crippen molar-refractivity contribution in [3.63, 3.8) is 0 Å². The summed E-state index contributed by atoms with van der Waals surface area (Å²) in [5, 5.41) is 5.38. The highest BCUT2D eigenvalue weighted by Gasteiger charge is 2.34. The van der Waals surface area contributed by atoms with E-state index in [0.29, 0.717) is 6.42 Å². The topological polar surface area (TPSA) is 84.2 Å². The van der Waals surface area contributed by atoms with Crippen molar-refractivity contribution < 1.29 is 9.59 Å². The summed E-state index contributed by atoms with van der Waals surface area (Å²) < 4.78 is 0. The van der Waals surface area contributed by atoms with Crippen molar-refractivity contribution in [2.45, 2.75) is 57.5 Å². The largest absolute Gasteiger partial charge is 0.350 e. The Bertz CT molecular complexity index is 303. The highest BCUT2D eigenvalue weighted by molar-refractivity contribution is 5.85. The SMILES string of the molecule is CC(C)(C)NC(=O)CNC(=O)CC1(N)CCC1. The van der Waals surface area contributed by atoms with Crippen molar-refractivity contribution in [2.24, 2.45) is 5.73 Å². The highest BCUT2D eigenvalue weighted by atomic mass is 16.2. The third-order valence-electron chi connectivity index (χ3n) is 2.82. The van der Waals surface area contributed by atoms with E-state index in [4.69, 9.17) is 5.73 Å². The van der Waals surface area contributed by atoms with Gasteiger partial charge in [-0.2, -0.15) is 0 Å². The van der Waals surface area contributed by atoms with Gasteiger partial charge in [0.05, 0.1) is 6.54 Å². The molecule has 0 aromatic heterocycles. The summed E-state index contributed by atoms with van der Waals surface area (Å²) in [5.41, 5.74) is 5.35. The summed E-state index contributed by atoms with van der Waals surface area (Å²) in [5.74, 6) is -0.318. The fourth-order valence-corrected chi connectivity index (χ4v) is 1.83. The minimum absolute atomic E-state index is 0.0200. The lowest BCUT2D eigenvalue weighted by Gasteiger charge is -2.37. The average Bonchev–Trinajstić information content (AvgIpc) is 2.09. The van der Waals surface area contributed by atoms with Gasteiger partial charge < -0.3 is 16.4 Å². The van der Waals surface area contributed by atoms with Crippen LogP contribution in [0.2, 0.25) is 0 Å². The van der Waals surface area contributed by atoms with Crippen LogP contribution in [-0.4, -0.2) is 29.4 Å². The van der Waals surface area contributed by atoms with Crippen LogP contribution in [0.3, 0.4) is 0 Å². The lowest BCUT2D eigenvalue weighted by atomic mass is 9.75. The van der Waals surface area contributed by atoms with Gasteiger partial charge in [-0.3, -0.25) is 9.59 Å². The maximum absolute atomic E-state index is 11.6. The molecule has 0 aromatic rings.